The maximum Gasteiger partial charge on any atom is 0.410 e. The summed E-state index contributed by atoms with van der Waals surface area (Å²) in [6.45, 7) is 1.20. The molecule has 1 aliphatic carbocycles. The summed E-state index contributed by atoms with van der Waals surface area (Å²) in [5, 5.41) is 19.3. The van der Waals surface area contributed by atoms with Crippen LogP contribution < -0.4 is 0 Å². The van der Waals surface area contributed by atoms with E-state index >= 15 is 0 Å². The van der Waals surface area contributed by atoms with Gasteiger partial charge >= 0.3 is 6.09 Å². The van der Waals surface area contributed by atoms with Gasteiger partial charge in [-0.05, 0) is 18.4 Å². The molecule has 2 aliphatic rings. The van der Waals surface area contributed by atoms with Gasteiger partial charge < -0.3 is 19.8 Å². The molecule has 5 nitrogen and oxygen atoms in total. The molecule has 2 N–H and O–H groups in total. The number of rotatable bonds is 4. The highest BCUT2D eigenvalue weighted by atomic mass is 16.6. The number of hydrogen-bond acceptors (Lipinski definition) is 4. The number of benzene rings is 1. The summed E-state index contributed by atoms with van der Waals surface area (Å²) < 4.78 is 5.34. The van der Waals surface area contributed by atoms with Gasteiger partial charge in [-0.15, -0.1) is 0 Å². The molecular formula is C16H21NO4. The standard InChI is InChI=1S/C16H21NO4/c18-11-15-6-7-16(15,12-19)10-17(9-15)14(20)21-8-13-4-2-1-3-5-13/h1-5,18-19H,6-12H2/t15-,16+. The first kappa shape index (κ1) is 14.4. The topological polar surface area (TPSA) is 70.0 Å². The molecule has 1 saturated carbocycles. The number of hydrogen-bond donors (Lipinski definition) is 2. The van der Waals surface area contributed by atoms with Crippen LogP contribution in [0.2, 0.25) is 0 Å². The Balaban J connectivity index is 1.62. The van der Waals surface area contributed by atoms with E-state index in [2.05, 4.69) is 0 Å². The Morgan fingerprint density at radius 1 is 1.10 bits per heavy atom. The second-order valence-electron chi connectivity index (χ2n) is 6.27. The lowest BCUT2D eigenvalue weighted by molar-refractivity contribution is -0.101. The molecule has 2 atom stereocenters. The van der Waals surface area contributed by atoms with Crippen LogP contribution in [-0.4, -0.2) is 47.5 Å². The summed E-state index contributed by atoms with van der Waals surface area (Å²) in [6.07, 6.45) is 1.34. The molecule has 3 rings (SSSR count). The summed E-state index contributed by atoms with van der Waals surface area (Å²) >= 11 is 0. The van der Waals surface area contributed by atoms with Gasteiger partial charge in [0.25, 0.3) is 0 Å². The molecule has 2 fully saturated rings. The summed E-state index contributed by atoms with van der Waals surface area (Å²) in [5.74, 6) is 0. The number of likely N-dealkylation sites (tertiary alicyclic amines) is 1. The highest BCUT2D eigenvalue weighted by Crippen LogP contribution is 2.60. The molecule has 1 saturated heterocycles. The summed E-state index contributed by atoms with van der Waals surface area (Å²) in [6, 6.07) is 9.54. The van der Waals surface area contributed by atoms with Crippen LogP contribution in [0, 0.1) is 10.8 Å². The van der Waals surface area contributed by atoms with Crippen LogP contribution in [0.3, 0.4) is 0 Å². The third-order valence-electron chi connectivity index (χ3n) is 5.26. The van der Waals surface area contributed by atoms with E-state index < -0.39 is 0 Å². The molecule has 1 aliphatic heterocycles. The monoisotopic (exact) mass is 291 g/mol. The van der Waals surface area contributed by atoms with Crippen LogP contribution in [-0.2, 0) is 11.3 Å². The minimum Gasteiger partial charge on any atom is -0.445 e. The van der Waals surface area contributed by atoms with Crippen LogP contribution >= 0.6 is 0 Å². The largest absolute Gasteiger partial charge is 0.445 e. The van der Waals surface area contributed by atoms with E-state index in [0.717, 1.165) is 18.4 Å². The van der Waals surface area contributed by atoms with Crippen molar-refractivity contribution in [3.05, 3.63) is 35.9 Å². The number of carbonyl (C=O) groups is 1. The summed E-state index contributed by atoms with van der Waals surface area (Å²) in [4.78, 5) is 13.8. The third-order valence-corrected chi connectivity index (χ3v) is 5.26. The van der Waals surface area contributed by atoms with E-state index in [1.807, 2.05) is 30.3 Å². The fraction of sp³-hybridized carbons (Fsp3) is 0.562. The number of nitrogens with zero attached hydrogens (tertiary/aromatic N) is 1. The Labute approximate surface area is 124 Å². The molecule has 21 heavy (non-hydrogen) atoms. The molecular weight excluding hydrogens is 270 g/mol. The number of carbonyl (C=O) groups excluding carboxylic acids is 1. The summed E-state index contributed by atoms with van der Waals surface area (Å²) in [5.41, 5.74) is 0.267. The minimum absolute atomic E-state index is 0.00995. The first-order valence-corrected chi connectivity index (χ1v) is 7.32. The van der Waals surface area contributed by atoms with Gasteiger partial charge in [0.15, 0.2) is 0 Å². The van der Waals surface area contributed by atoms with E-state index in [1.165, 1.54) is 0 Å². The number of ether oxygens (including phenoxy) is 1. The zero-order valence-electron chi connectivity index (χ0n) is 12.0. The van der Waals surface area contributed by atoms with Crippen molar-refractivity contribution in [1.82, 2.24) is 4.90 Å². The number of fused-ring (bicyclic) bond motifs is 1. The van der Waals surface area contributed by atoms with E-state index in [0.29, 0.717) is 13.1 Å². The number of amides is 1. The van der Waals surface area contributed by atoms with Crippen molar-refractivity contribution in [3.63, 3.8) is 0 Å². The Morgan fingerprint density at radius 2 is 1.67 bits per heavy atom. The normalized spacial score (nSPS) is 30.7. The molecule has 114 valence electrons. The zero-order valence-corrected chi connectivity index (χ0v) is 12.0. The Bertz CT molecular complexity index is 492. The van der Waals surface area contributed by atoms with Crippen LogP contribution in [0.1, 0.15) is 18.4 Å². The molecule has 0 spiro atoms. The fourth-order valence-corrected chi connectivity index (χ4v) is 3.65. The molecule has 0 radical (unpaired) electrons. The second-order valence-corrected chi connectivity index (χ2v) is 6.27. The van der Waals surface area contributed by atoms with Crippen LogP contribution in [0.15, 0.2) is 30.3 Å². The molecule has 5 heteroatoms. The minimum atomic E-state index is -0.367. The van der Waals surface area contributed by atoms with Crippen molar-refractivity contribution in [2.75, 3.05) is 26.3 Å². The molecule has 1 aromatic carbocycles. The van der Waals surface area contributed by atoms with Gasteiger partial charge in [-0.3, -0.25) is 0 Å². The van der Waals surface area contributed by atoms with Gasteiger partial charge in [-0.2, -0.15) is 0 Å². The van der Waals surface area contributed by atoms with Crippen LogP contribution in [0.5, 0.6) is 0 Å². The van der Waals surface area contributed by atoms with Crippen LogP contribution in [0.25, 0.3) is 0 Å². The average molecular weight is 291 g/mol. The lowest BCUT2D eigenvalue weighted by Gasteiger charge is -2.52. The van der Waals surface area contributed by atoms with E-state index in [4.69, 9.17) is 4.74 Å². The van der Waals surface area contributed by atoms with Crippen molar-refractivity contribution >= 4 is 6.09 Å². The van der Waals surface area contributed by atoms with Crippen molar-refractivity contribution in [3.8, 4) is 0 Å². The van der Waals surface area contributed by atoms with Crippen molar-refractivity contribution < 1.29 is 19.7 Å². The second kappa shape index (κ2) is 5.31. The predicted octanol–water partition coefficient (Wildman–Crippen LogP) is 1.39. The highest BCUT2D eigenvalue weighted by molar-refractivity contribution is 5.68. The van der Waals surface area contributed by atoms with Gasteiger partial charge in [0, 0.05) is 23.9 Å². The maximum absolute atomic E-state index is 12.2. The molecule has 0 aromatic heterocycles. The van der Waals surface area contributed by atoms with E-state index in [-0.39, 0.29) is 36.7 Å². The molecule has 1 amide bonds. The van der Waals surface area contributed by atoms with E-state index in [9.17, 15) is 15.0 Å². The van der Waals surface area contributed by atoms with Crippen molar-refractivity contribution in [1.29, 1.82) is 0 Å². The number of aliphatic hydroxyl groups is 2. The molecule has 1 heterocycles. The highest BCUT2D eigenvalue weighted by Gasteiger charge is 2.64. The smallest absolute Gasteiger partial charge is 0.410 e. The van der Waals surface area contributed by atoms with Gasteiger partial charge in [-0.1, -0.05) is 30.3 Å². The van der Waals surface area contributed by atoms with Crippen molar-refractivity contribution in [2.45, 2.75) is 19.4 Å². The third kappa shape index (κ3) is 2.21. The lowest BCUT2D eigenvalue weighted by atomic mass is 9.52. The molecule has 0 bridgehead atoms. The Morgan fingerprint density at radius 3 is 2.14 bits per heavy atom. The fourth-order valence-electron chi connectivity index (χ4n) is 3.65. The van der Waals surface area contributed by atoms with Gasteiger partial charge in [-0.25, -0.2) is 4.79 Å². The Kier molecular flexibility index (Phi) is 3.63. The lowest BCUT2D eigenvalue weighted by Crippen LogP contribution is -2.54. The number of aliphatic hydroxyl groups excluding tert-OH is 2. The average Bonchev–Trinajstić information content (AvgIpc) is 2.75. The van der Waals surface area contributed by atoms with Crippen molar-refractivity contribution in [2.24, 2.45) is 10.8 Å². The first-order chi connectivity index (χ1) is 10.1. The van der Waals surface area contributed by atoms with Crippen LogP contribution in [0.4, 0.5) is 4.79 Å². The molecule has 0 unspecified atom stereocenters. The molecule has 1 aromatic rings. The maximum atomic E-state index is 12.2. The van der Waals surface area contributed by atoms with Gasteiger partial charge in [0.1, 0.15) is 6.61 Å². The summed E-state index contributed by atoms with van der Waals surface area (Å²) in [7, 11) is 0. The first-order valence-electron chi connectivity index (χ1n) is 7.32. The quantitative estimate of drug-likeness (QED) is 0.879. The SMILES string of the molecule is O=C(OCc1ccccc1)N1C[C@]2(CO)CC[C@]2(CO)C1. The predicted molar refractivity (Wildman–Crippen MR) is 76.5 cm³/mol. The van der Waals surface area contributed by atoms with Gasteiger partial charge in [0.05, 0.1) is 13.2 Å². The van der Waals surface area contributed by atoms with Gasteiger partial charge in [0.2, 0.25) is 0 Å². The van der Waals surface area contributed by atoms with E-state index in [1.54, 1.807) is 4.90 Å². The zero-order chi connectivity index (χ0) is 14.9. The Hall–Kier alpha value is -1.59.